The Hall–Kier alpha value is -1.17. The average molecular weight is 353 g/mol. The monoisotopic (exact) mass is 352 g/mol. The highest BCUT2D eigenvalue weighted by Gasteiger charge is 2.33. The van der Waals surface area contributed by atoms with Crippen molar-refractivity contribution in [1.29, 1.82) is 0 Å². The maximum atomic E-state index is 9.95. The topological polar surface area (TPSA) is 58.3 Å². The normalized spacial score (nSPS) is 11.9. The zero-order chi connectivity index (χ0) is 15.5. The van der Waals surface area contributed by atoms with Crippen molar-refractivity contribution in [2.24, 2.45) is 0 Å². The predicted octanol–water partition coefficient (Wildman–Crippen LogP) is 2.44. The first kappa shape index (κ1) is 16.2. The van der Waals surface area contributed by atoms with E-state index in [4.69, 9.17) is 0 Å². The molecule has 0 aliphatic heterocycles. The van der Waals surface area contributed by atoms with Gasteiger partial charge in [-0.05, 0) is 35.3 Å². The third kappa shape index (κ3) is 3.05. The van der Waals surface area contributed by atoms with Gasteiger partial charge in [-0.1, -0.05) is 30.3 Å². The Kier molecular flexibility index (Phi) is 5.19. The fourth-order valence-electron chi connectivity index (χ4n) is 2.60. The lowest BCUT2D eigenvalue weighted by Gasteiger charge is -2.30. The zero-order valence-electron chi connectivity index (χ0n) is 12.4. The van der Waals surface area contributed by atoms with E-state index in [0.29, 0.717) is 6.42 Å². The van der Waals surface area contributed by atoms with Gasteiger partial charge in [-0.3, -0.25) is 4.68 Å². The van der Waals surface area contributed by atoms with Crippen LogP contribution < -0.4 is 0 Å². The van der Waals surface area contributed by atoms with Crippen LogP contribution >= 0.6 is 15.9 Å². The molecule has 5 heteroatoms. The van der Waals surface area contributed by atoms with Gasteiger partial charge in [0.25, 0.3) is 0 Å². The first-order chi connectivity index (χ1) is 10.1. The van der Waals surface area contributed by atoms with Crippen molar-refractivity contribution in [2.75, 3.05) is 13.2 Å². The molecule has 0 atom stereocenters. The third-order valence-electron chi connectivity index (χ3n) is 3.95. The highest BCUT2D eigenvalue weighted by atomic mass is 79.9. The molecule has 0 aliphatic carbocycles. The Bertz CT molecular complexity index is 592. The number of aliphatic hydroxyl groups is 2. The minimum Gasteiger partial charge on any atom is -0.395 e. The predicted molar refractivity (Wildman–Crippen MR) is 86.3 cm³/mol. The lowest BCUT2D eigenvalue weighted by Crippen LogP contribution is -2.38. The molecular formula is C16H21BrN2O2. The Morgan fingerprint density at radius 3 is 2.33 bits per heavy atom. The van der Waals surface area contributed by atoms with Gasteiger partial charge < -0.3 is 10.2 Å². The number of hydrogen-bond acceptors (Lipinski definition) is 3. The summed E-state index contributed by atoms with van der Waals surface area (Å²) < 4.78 is 2.87. The van der Waals surface area contributed by atoms with Gasteiger partial charge in [-0.15, -0.1) is 0 Å². The van der Waals surface area contributed by atoms with E-state index in [0.717, 1.165) is 28.0 Å². The van der Waals surface area contributed by atoms with E-state index in [1.807, 2.05) is 48.9 Å². The van der Waals surface area contributed by atoms with E-state index in [1.54, 1.807) is 0 Å². The van der Waals surface area contributed by atoms with Crippen LogP contribution in [0.25, 0.3) is 0 Å². The molecule has 21 heavy (non-hydrogen) atoms. The van der Waals surface area contributed by atoms with Gasteiger partial charge in [0.2, 0.25) is 0 Å². The first-order valence-electron chi connectivity index (χ1n) is 7.07. The Morgan fingerprint density at radius 1 is 1.19 bits per heavy atom. The minimum absolute atomic E-state index is 0.117. The standard InChI is InChI=1S/C16H21BrN2O2/c1-3-19-14(15(17)12(2)18-19)9-16(10-20,11-21)13-7-5-4-6-8-13/h4-8,20-21H,3,9-11H2,1-2H3. The molecule has 2 rings (SSSR count). The van der Waals surface area contributed by atoms with E-state index >= 15 is 0 Å². The molecule has 1 aromatic carbocycles. The molecule has 1 aromatic heterocycles. The van der Waals surface area contributed by atoms with Crippen molar-refractivity contribution in [3.63, 3.8) is 0 Å². The molecule has 0 spiro atoms. The molecule has 0 unspecified atom stereocenters. The van der Waals surface area contributed by atoms with E-state index in [2.05, 4.69) is 21.0 Å². The number of nitrogens with zero attached hydrogens (tertiary/aromatic N) is 2. The van der Waals surface area contributed by atoms with Crippen LogP contribution in [-0.4, -0.2) is 33.2 Å². The second kappa shape index (κ2) is 6.73. The van der Waals surface area contributed by atoms with Crippen molar-refractivity contribution in [1.82, 2.24) is 9.78 Å². The van der Waals surface area contributed by atoms with Crippen molar-refractivity contribution in [2.45, 2.75) is 32.2 Å². The fraction of sp³-hybridized carbons (Fsp3) is 0.438. The Morgan fingerprint density at radius 2 is 1.81 bits per heavy atom. The average Bonchev–Trinajstić information content (AvgIpc) is 2.80. The number of aromatic nitrogens is 2. The molecule has 4 nitrogen and oxygen atoms in total. The second-order valence-corrected chi connectivity index (χ2v) is 6.09. The molecule has 0 aliphatic rings. The summed E-state index contributed by atoms with van der Waals surface area (Å²) in [5.41, 5.74) is 2.15. The molecule has 1 heterocycles. The van der Waals surface area contributed by atoms with Gasteiger partial charge >= 0.3 is 0 Å². The molecule has 2 aromatic rings. The number of aliphatic hydroxyl groups excluding tert-OH is 2. The van der Waals surface area contributed by atoms with Gasteiger partial charge in [0.1, 0.15) is 0 Å². The van der Waals surface area contributed by atoms with E-state index in [-0.39, 0.29) is 13.2 Å². The van der Waals surface area contributed by atoms with Gasteiger partial charge in [0.15, 0.2) is 0 Å². The summed E-state index contributed by atoms with van der Waals surface area (Å²) in [6.45, 7) is 4.50. The van der Waals surface area contributed by atoms with Crippen molar-refractivity contribution in [3.05, 3.63) is 51.8 Å². The Labute approximate surface area is 133 Å². The summed E-state index contributed by atoms with van der Waals surface area (Å²) in [6.07, 6.45) is 0.527. The maximum Gasteiger partial charge on any atom is 0.0738 e. The minimum atomic E-state index is -0.705. The Balaban J connectivity index is 2.46. The summed E-state index contributed by atoms with van der Waals surface area (Å²) in [4.78, 5) is 0. The van der Waals surface area contributed by atoms with Crippen LogP contribution in [0.2, 0.25) is 0 Å². The summed E-state index contributed by atoms with van der Waals surface area (Å²) in [6, 6.07) is 9.67. The van der Waals surface area contributed by atoms with Gasteiger partial charge in [-0.2, -0.15) is 5.10 Å². The number of benzene rings is 1. The maximum absolute atomic E-state index is 9.95. The largest absolute Gasteiger partial charge is 0.395 e. The van der Waals surface area contributed by atoms with Crippen LogP contribution in [0.15, 0.2) is 34.8 Å². The van der Waals surface area contributed by atoms with Gasteiger partial charge in [0.05, 0.1) is 29.1 Å². The highest BCUT2D eigenvalue weighted by Crippen LogP contribution is 2.32. The summed E-state index contributed by atoms with van der Waals surface area (Å²) in [7, 11) is 0. The fourth-order valence-corrected chi connectivity index (χ4v) is 3.02. The lowest BCUT2D eigenvalue weighted by molar-refractivity contribution is 0.114. The highest BCUT2D eigenvalue weighted by molar-refractivity contribution is 9.10. The molecule has 0 saturated carbocycles. The molecule has 0 amide bonds. The van der Waals surface area contributed by atoms with E-state index in [9.17, 15) is 10.2 Å². The quantitative estimate of drug-likeness (QED) is 0.839. The summed E-state index contributed by atoms with van der Waals surface area (Å²) in [5, 5.41) is 24.4. The second-order valence-electron chi connectivity index (χ2n) is 5.30. The number of rotatable bonds is 6. The zero-order valence-corrected chi connectivity index (χ0v) is 14.0. The molecule has 114 valence electrons. The molecule has 0 radical (unpaired) electrons. The van der Waals surface area contributed by atoms with E-state index < -0.39 is 5.41 Å². The van der Waals surface area contributed by atoms with Crippen LogP contribution in [0.4, 0.5) is 0 Å². The number of hydrogen-bond donors (Lipinski definition) is 2. The number of aryl methyl sites for hydroxylation is 2. The molecule has 2 N–H and O–H groups in total. The van der Waals surface area contributed by atoms with Crippen LogP contribution in [0.1, 0.15) is 23.9 Å². The summed E-state index contributed by atoms with van der Waals surface area (Å²) >= 11 is 3.58. The first-order valence-corrected chi connectivity index (χ1v) is 7.86. The van der Waals surface area contributed by atoms with Crippen LogP contribution in [-0.2, 0) is 18.4 Å². The number of halogens is 1. The van der Waals surface area contributed by atoms with Crippen molar-refractivity contribution in [3.8, 4) is 0 Å². The van der Waals surface area contributed by atoms with Gasteiger partial charge in [-0.25, -0.2) is 0 Å². The molecule has 0 bridgehead atoms. The summed E-state index contributed by atoms with van der Waals surface area (Å²) in [5.74, 6) is 0. The molecule has 0 fully saturated rings. The SMILES string of the molecule is CCn1nc(C)c(Br)c1CC(CO)(CO)c1ccccc1. The van der Waals surface area contributed by atoms with E-state index in [1.165, 1.54) is 0 Å². The lowest BCUT2D eigenvalue weighted by atomic mass is 9.78. The van der Waals surface area contributed by atoms with Crippen LogP contribution in [0.3, 0.4) is 0 Å². The van der Waals surface area contributed by atoms with Crippen molar-refractivity contribution >= 4 is 15.9 Å². The van der Waals surface area contributed by atoms with Crippen molar-refractivity contribution < 1.29 is 10.2 Å². The van der Waals surface area contributed by atoms with Crippen LogP contribution in [0.5, 0.6) is 0 Å². The van der Waals surface area contributed by atoms with Gasteiger partial charge in [0, 0.05) is 18.4 Å². The molecular weight excluding hydrogens is 332 g/mol. The third-order valence-corrected chi connectivity index (χ3v) is 4.98. The van der Waals surface area contributed by atoms with Crippen LogP contribution in [0, 0.1) is 6.92 Å². The molecule has 0 saturated heterocycles. The smallest absolute Gasteiger partial charge is 0.0738 e.